The zero-order valence-electron chi connectivity index (χ0n) is 11.3. The maximum absolute atomic E-state index is 13.9. The van der Waals surface area contributed by atoms with Gasteiger partial charge in [0.2, 0.25) is 0 Å². The fourth-order valence-electron chi connectivity index (χ4n) is 3.15. The molecule has 0 amide bonds. The van der Waals surface area contributed by atoms with Crippen LogP contribution >= 0.6 is 0 Å². The van der Waals surface area contributed by atoms with Crippen molar-refractivity contribution in [2.24, 2.45) is 5.73 Å². The van der Waals surface area contributed by atoms with Gasteiger partial charge in [0.05, 0.1) is 5.52 Å². The lowest BCUT2D eigenvalue weighted by atomic mass is 10.1. The highest BCUT2D eigenvalue weighted by Gasteiger charge is 2.28. The summed E-state index contributed by atoms with van der Waals surface area (Å²) in [6, 6.07) is 5.47. The molecule has 0 aliphatic heterocycles. The number of nitrogens with zero attached hydrogens (tertiary/aromatic N) is 2. The van der Waals surface area contributed by atoms with Gasteiger partial charge in [-0.2, -0.15) is 0 Å². The van der Waals surface area contributed by atoms with Gasteiger partial charge in [0.25, 0.3) is 0 Å². The number of aromatic nitrogens is 2. The largest absolute Gasteiger partial charge is 0.328 e. The van der Waals surface area contributed by atoms with Gasteiger partial charge in [0.1, 0.15) is 11.3 Å². The third kappa shape index (κ3) is 2.14. The summed E-state index contributed by atoms with van der Waals surface area (Å²) in [6.45, 7) is 3.02. The molecule has 1 aromatic heterocycles. The molecule has 0 spiro atoms. The van der Waals surface area contributed by atoms with Crippen LogP contribution in [0.2, 0.25) is 0 Å². The minimum absolute atomic E-state index is 0.226. The Morgan fingerprint density at radius 2 is 2.26 bits per heavy atom. The second-order valence-electron chi connectivity index (χ2n) is 5.50. The zero-order valence-corrected chi connectivity index (χ0v) is 11.3. The second kappa shape index (κ2) is 4.93. The van der Waals surface area contributed by atoms with Crippen molar-refractivity contribution >= 4 is 11.0 Å². The third-order valence-electron chi connectivity index (χ3n) is 4.04. The van der Waals surface area contributed by atoms with Crippen LogP contribution in [0.1, 0.15) is 44.3 Å². The molecule has 4 heteroatoms. The van der Waals surface area contributed by atoms with Crippen LogP contribution in [0, 0.1) is 5.82 Å². The Kier molecular flexibility index (Phi) is 3.27. The van der Waals surface area contributed by atoms with Crippen LogP contribution in [0.4, 0.5) is 4.39 Å². The third-order valence-corrected chi connectivity index (χ3v) is 4.04. The van der Waals surface area contributed by atoms with Gasteiger partial charge in [0.15, 0.2) is 5.82 Å². The highest BCUT2D eigenvalue weighted by atomic mass is 19.1. The Hall–Kier alpha value is -1.42. The molecule has 3 nitrogen and oxygen atoms in total. The maximum atomic E-state index is 13.9. The summed E-state index contributed by atoms with van der Waals surface area (Å²) in [5, 5.41) is 0. The van der Waals surface area contributed by atoms with Gasteiger partial charge in [-0.3, -0.25) is 0 Å². The van der Waals surface area contributed by atoms with Crippen LogP contribution < -0.4 is 5.73 Å². The molecule has 0 unspecified atom stereocenters. The van der Waals surface area contributed by atoms with E-state index < -0.39 is 0 Å². The molecule has 1 fully saturated rings. The molecule has 2 N–H and O–H groups in total. The molecule has 3 rings (SSSR count). The normalized spacial score (nSPS) is 23.3. The standard InChI is InChI=1S/C15H20FN3/c1-2-8-19-13-5-3-4-12(16)14(13)18-15(19)10-6-7-11(17)9-10/h3-5,10-11H,2,6-9,17H2,1H3/t10-,11+/m1/s1. The molecule has 0 bridgehead atoms. The summed E-state index contributed by atoms with van der Waals surface area (Å²) in [6.07, 6.45) is 4.10. The van der Waals surface area contributed by atoms with Crippen molar-refractivity contribution in [2.45, 2.75) is 51.1 Å². The number of para-hydroxylation sites is 1. The summed E-state index contributed by atoms with van der Waals surface area (Å²) < 4.78 is 16.1. The van der Waals surface area contributed by atoms with Crippen molar-refractivity contribution in [3.05, 3.63) is 29.8 Å². The first-order valence-corrected chi connectivity index (χ1v) is 7.11. The first kappa shape index (κ1) is 12.6. The Labute approximate surface area is 112 Å². The van der Waals surface area contributed by atoms with E-state index >= 15 is 0 Å². The van der Waals surface area contributed by atoms with E-state index in [1.165, 1.54) is 6.07 Å². The monoisotopic (exact) mass is 261 g/mol. The Morgan fingerprint density at radius 3 is 2.95 bits per heavy atom. The van der Waals surface area contributed by atoms with Crippen molar-refractivity contribution in [2.75, 3.05) is 0 Å². The predicted molar refractivity (Wildman–Crippen MR) is 74.5 cm³/mol. The Morgan fingerprint density at radius 1 is 1.42 bits per heavy atom. The van der Waals surface area contributed by atoms with E-state index in [0.29, 0.717) is 11.4 Å². The van der Waals surface area contributed by atoms with Crippen molar-refractivity contribution in [1.29, 1.82) is 0 Å². The van der Waals surface area contributed by atoms with Gasteiger partial charge < -0.3 is 10.3 Å². The number of halogens is 1. The minimum Gasteiger partial charge on any atom is -0.328 e. The van der Waals surface area contributed by atoms with Gasteiger partial charge in [-0.15, -0.1) is 0 Å². The molecule has 1 saturated carbocycles. The lowest BCUT2D eigenvalue weighted by Crippen LogP contribution is -2.15. The molecule has 1 heterocycles. The number of nitrogens with two attached hydrogens (primary N) is 1. The number of hydrogen-bond donors (Lipinski definition) is 1. The fraction of sp³-hybridized carbons (Fsp3) is 0.533. The maximum Gasteiger partial charge on any atom is 0.151 e. The van der Waals surface area contributed by atoms with Crippen molar-refractivity contribution in [3.8, 4) is 0 Å². The topological polar surface area (TPSA) is 43.8 Å². The number of imidazole rings is 1. The number of aryl methyl sites for hydroxylation is 1. The summed E-state index contributed by atoms with van der Waals surface area (Å²) in [5.41, 5.74) is 7.42. The molecule has 1 aliphatic carbocycles. The smallest absolute Gasteiger partial charge is 0.151 e. The number of hydrogen-bond acceptors (Lipinski definition) is 2. The SMILES string of the molecule is CCCn1c([C@@H]2CC[C@H](N)C2)nc2c(F)cccc21. The van der Waals surface area contributed by atoms with E-state index in [0.717, 1.165) is 43.6 Å². The van der Waals surface area contributed by atoms with E-state index in [1.807, 2.05) is 6.07 Å². The second-order valence-corrected chi connectivity index (χ2v) is 5.50. The lowest BCUT2D eigenvalue weighted by Gasteiger charge is -2.12. The first-order valence-electron chi connectivity index (χ1n) is 7.11. The summed E-state index contributed by atoms with van der Waals surface area (Å²) in [5.74, 6) is 1.18. The number of benzene rings is 1. The summed E-state index contributed by atoms with van der Waals surface area (Å²) >= 11 is 0. The van der Waals surface area contributed by atoms with Gasteiger partial charge in [-0.1, -0.05) is 13.0 Å². The van der Waals surface area contributed by atoms with Gasteiger partial charge in [-0.05, 0) is 37.8 Å². The van der Waals surface area contributed by atoms with Crippen LogP contribution in [-0.4, -0.2) is 15.6 Å². The quantitative estimate of drug-likeness (QED) is 0.922. The highest BCUT2D eigenvalue weighted by Crippen LogP contribution is 2.35. The van der Waals surface area contributed by atoms with Crippen molar-refractivity contribution in [1.82, 2.24) is 9.55 Å². The van der Waals surface area contributed by atoms with Crippen molar-refractivity contribution < 1.29 is 4.39 Å². The molecular formula is C15H20FN3. The molecule has 1 aliphatic rings. The van der Waals surface area contributed by atoms with E-state index in [9.17, 15) is 4.39 Å². The molecule has 0 radical (unpaired) electrons. The van der Waals surface area contributed by atoms with E-state index in [2.05, 4.69) is 16.5 Å². The minimum atomic E-state index is -0.226. The van der Waals surface area contributed by atoms with Crippen molar-refractivity contribution in [3.63, 3.8) is 0 Å². The summed E-state index contributed by atoms with van der Waals surface area (Å²) in [7, 11) is 0. The van der Waals surface area contributed by atoms with Crippen LogP contribution in [-0.2, 0) is 6.54 Å². The molecule has 1 aromatic carbocycles. The Bertz CT molecular complexity index is 590. The van der Waals surface area contributed by atoms with Gasteiger partial charge >= 0.3 is 0 Å². The zero-order chi connectivity index (χ0) is 13.4. The highest BCUT2D eigenvalue weighted by molar-refractivity contribution is 5.76. The predicted octanol–water partition coefficient (Wildman–Crippen LogP) is 3.18. The molecular weight excluding hydrogens is 241 g/mol. The number of rotatable bonds is 3. The average molecular weight is 261 g/mol. The van der Waals surface area contributed by atoms with E-state index in [1.54, 1.807) is 6.07 Å². The number of fused-ring (bicyclic) bond motifs is 1. The van der Waals surface area contributed by atoms with E-state index in [-0.39, 0.29) is 11.9 Å². The molecule has 19 heavy (non-hydrogen) atoms. The van der Waals surface area contributed by atoms with Crippen LogP contribution in [0.15, 0.2) is 18.2 Å². The van der Waals surface area contributed by atoms with Gasteiger partial charge in [0, 0.05) is 18.5 Å². The molecule has 102 valence electrons. The molecule has 2 aromatic rings. The van der Waals surface area contributed by atoms with Crippen LogP contribution in [0.3, 0.4) is 0 Å². The average Bonchev–Trinajstić information content (AvgIpc) is 2.96. The lowest BCUT2D eigenvalue weighted by molar-refractivity contribution is 0.577. The molecule has 0 saturated heterocycles. The van der Waals surface area contributed by atoms with E-state index in [4.69, 9.17) is 5.73 Å². The van der Waals surface area contributed by atoms with Gasteiger partial charge in [-0.25, -0.2) is 9.37 Å². The van der Waals surface area contributed by atoms with Crippen LogP contribution in [0.25, 0.3) is 11.0 Å². The fourth-order valence-corrected chi connectivity index (χ4v) is 3.15. The summed E-state index contributed by atoms with van der Waals surface area (Å²) in [4.78, 5) is 4.58. The molecule has 2 atom stereocenters. The van der Waals surface area contributed by atoms with Crippen LogP contribution in [0.5, 0.6) is 0 Å². The first-order chi connectivity index (χ1) is 9.20. The Balaban J connectivity index is 2.12.